The summed E-state index contributed by atoms with van der Waals surface area (Å²) >= 11 is 1.39. The average molecular weight is 276 g/mol. The first-order valence-electron chi connectivity index (χ1n) is 6.09. The normalized spacial score (nSPS) is 10.4. The molecule has 0 unspecified atom stereocenters. The van der Waals surface area contributed by atoms with Gasteiger partial charge in [-0.3, -0.25) is 0 Å². The van der Waals surface area contributed by atoms with Crippen LogP contribution in [-0.2, 0) is 11.2 Å². The first kappa shape index (κ1) is 13.7. The summed E-state index contributed by atoms with van der Waals surface area (Å²) in [5.41, 5.74) is 7.13. The van der Waals surface area contributed by atoms with Gasteiger partial charge in [-0.05, 0) is 13.0 Å². The lowest BCUT2D eigenvalue weighted by atomic mass is 10.1. The molecule has 1 aromatic carbocycles. The maximum absolute atomic E-state index is 11.8. The number of carbonyl (C=O) groups is 1. The standard InChI is InChI=1S/C14H16N2O2S/c1-18-14(17)13-12(10-6-3-2-4-7-10)16-11(19-13)8-5-9-15/h2-4,6-7H,5,8-9,15H2,1H3. The fourth-order valence-electron chi connectivity index (χ4n) is 1.75. The zero-order chi connectivity index (χ0) is 13.7. The van der Waals surface area contributed by atoms with Crippen molar-refractivity contribution in [1.82, 2.24) is 4.98 Å². The number of hydrogen-bond donors (Lipinski definition) is 1. The molecule has 0 radical (unpaired) electrons. The maximum Gasteiger partial charge on any atom is 0.350 e. The maximum atomic E-state index is 11.8. The SMILES string of the molecule is COC(=O)c1sc(CCCN)nc1-c1ccccc1. The fourth-order valence-corrected chi connectivity index (χ4v) is 2.79. The lowest BCUT2D eigenvalue weighted by Gasteiger charge is -2.00. The van der Waals surface area contributed by atoms with Crippen LogP contribution in [0.15, 0.2) is 30.3 Å². The van der Waals surface area contributed by atoms with E-state index >= 15 is 0 Å². The Morgan fingerprint density at radius 2 is 2.11 bits per heavy atom. The number of methoxy groups -OCH3 is 1. The van der Waals surface area contributed by atoms with Crippen molar-refractivity contribution in [2.75, 3.05) is 13.7 Å². The van der Waals surface area contributed by atoms with Crippen molar-refractivity contribution in [3.8, 4) is 11.3 Å². The molecule has 2 aromatic rings. The lowest BCUT2D eigenvalue weighted by Crippen LogP contribution is -2.00. The number of nitrogens with zero attached hydrogens (tertiary/aromatic N) is 1. The first-order valence-corrected chi connectivity index (χ1v) is 6.91. The van der Waals surface area contributed by atoms with Gasteiger partial charge in [0.25, 0.3) is 0 Å². The van der Waals surface area contributed by atoms with E-state index in [-0.39, 0.29) is 5.97 Å². The molecule has 0 aliphatic carbocycles. The van der Waals surface area contributed by atoms with Crippen molar-refractivity contribution in [3.63, 3.8) is 0 Å². The van der Waals surface area contributed by atoms with Crippen LogP contribution in [0.5, 0.6) is 0 Å². The minimum absolute atomic E-state index is 0.338. The van der Waals surface area contributed by atoms with E-state index in [9.17, 15) is 4.79 Å². The molecule has 19 heavy (non-hydrogen) atoms. The number of esters is 1. The molecule has 0 fully saturated rings. The third kappa shape index (κ3) is 3.19. The van der Waals surface area contributed by atoms with Gasteiger partial charge in [0.05, 0.1) is 17.8 Å². The number of ether oxygens (including phenoxy) is 1. The molecule has 0 aliphatic heterocycles. The van der Waals surface area contributed by atoms with Crippen LogP contribution in [0.4, 0.5) is 0 Å². The smallest absolute Gasteiger partial charge is 0.350 e. The molecule has 0 spiro atoms. The molecule has 2 N–H and O–H groups in total. The number of carbonyl (C=O) groups excluding carboxylic acids is 1. The zero-order valence-corrected chi connectivity index (χ0v) is 11.6. The van der Waals surface area contributed by atoms with E-state index in [1.165, 1.54) is 18.4 Å². The molecule has 5 heteroatoms. The van der Waals surface area contributed by atoms with E-state index in [1.807, 2.05) is 30.3 Å². The molecule has 0 saturated carbocycles. The van der Waals surface area contributed by atoms with Crippen molar-refractivity contribution < 1.29 is 9.53 Å². The molecule has 1 heterocycles. The molecule has 0 amide bonds. The van der Waals surface area contributed by atoms with Gasteiger partial charge in [-0.1, -0.05) is 30.3 Å². The number of aryl methyl sites for hydroxylation is 1. The molecule has 0 atom stereocenters. The van der Waals surface area contributed by atoms with E-state index in [2.05, 4.69) is 4.98 Å². The van der Waals surface area contributed by atoms with Crippen LogP contribution in [0, 0.1) is 0 Å². The lowest BCUT2D eigenvalue weighted by molar-refractivity contribution is 0.0607. The van der Waals surface area contributed by atoms with Gasteiger partial charge in [0.1, 0.15) is 4.88 Å². The summed E-state index contributed by atoms with van der Waals surface area (Å²) in [7, 11) is 1.39. The summed E-state index contributed by atoms with van der Waals surface area (Å²) in [6.45, 7) is 0.619. The van der Waals surface area contributed by atoms with Crippen molar-refractivity contribution >= 4 is 17.3 Å². The Morgan fingerprint density at radius 1 is 1.37 bits per heavy atom. The average Bonchev–Trinajstić information content (AvgIpc) is 2.89. The highest BCUT2D eigenvalue weighted by Gasteiger charge is 2.19. The van der Waals surface area contributed by atoms with E-state index in [1.54, 1.807) is 0 Å². The second kappa shape index (κ2) is 6.45. The highest BCUT2D eigenvalue weighted by Crippen LogP contribution is 2.29. The largest absolute Gasteiger partial charge is 0.465 e. The van der Waals surface area contributed by atoms with Gasteiger partial charge in [-0.2, -0.15) is 0 Å². The third-order valence-electron chi connectivity index (χ3n) is 2.68. The Bertz CT molecular complexity index is 552. The van der Waals surface area contributed by atoms with Gasteiger partial charge in [0, 0.05) is 12.0 Å². The number of hydrogen-bond acceptors (Lipinski definition) is 5. The minimum Gasteiger partial charge on any atom is -0.465 e. The number of nitrogens with two attached hydrogens (primary N) is 1. The van der Waals surface area contributed by atoms with E-state index in [0.29, 0.717) is 17.1 Å². The van der Waals surface area contributed by atoms with Crippen molar-refractivity contribution in [2.24, 2.45) is 5.73 Å². The Kier molecular flexibility index (Phi) is 4.65. The van der Waals surface area contributed by atoms with Gasteiger partial charge < -0.3 is 10.5 Å². The molecule has 1 aromatic heterocycles. The second-order valence-electron chi connectivity index (χ2n) is 4.04. The van der Waals surface area contributed by atoms with Gasteiger partial charge in [-0.25, -0.2) is 9.78 Å². The summed E-state index contributed by atoms with van der Waals surface area (Å²) in [4.78, 5) is 16.9. The van der Waals surface area contributed by atoms with Crippen LogP contribution in [0.1, 0.15) is 21.1 Å². The van der Waals surface area contributed by atoms with Gasteiger partial charge in [0.15, 0.2) is 0 Å². The van der Waals surface area contributed by atoms with Gasteiger partial charge >= 0.3 is 5.97 Å². The number of thiazole rings is 1. The summed E-state index contributed by atoms with van der Waals surface area (Å²) in [6.07, 6.45) is 1.65. The molecule has 0 saturated heterocycles. The Balaban J connectivity index is 2.40. The second-order valence-corrected chi connectivity index (χ2v) is 5.12. The molecule has 2 rings (SSSR count). The summed E-state index contributed by atoms with van der Waals surface area (Å²) in [5, 5.41) is 0.921. The highest BCUT2D eigenvalue weighted by molar-refractivity contribution is 7.14. The molecule has 0 aliphatic rings. The minimum atomic E-state index is -0.338. The Labute approximate surface area is 116 Å². The summed E-state index contributed by atoms with van der Waals surface area (Å²) in [5.74, 6) is -0.338. The van der Waals surface area contributed by atoms with E-state index < -0.39 is 0 Å². The van der Waals surface area contributed by atoms with Crippen LogP contribution in [0.3, 0.4) is 0 Å². The van der Waals surface area contributed by atoms with Crippen LogP contribution in [0.2, 0.25) is 0 Å². The van der Waals surface area contributed by atoms with E-state index in [0.717, 1.165) is 23.4 Å². The summed E-state index contributed by atoms with van der Waals surface area (Å²) < 4.78 is 4.82. The quantitative estimate of drug-likeness (QED) is 0.852. The monoisotopic (exact) mass is 276 g/mol. The van der Waals surface area contributed by atoms with Crippen molar-refractivity contribution in [3.05, 3.63) is 40.2 Å². The summed E-state index contributed by atoms with van der Waals surface area (Å²) in [6, 6.07) is 9.66. The molecular formula is C14H16N2O2S. The molecular weight excluding hydrogens is 260 g/mol. The van der Waals surface area contributed by atoms with Gasteiger partial charge in [-0.15, -0.1) is 11.3 Å². The molecule has 0 bridgehead atoms. The van der Waals surface area contributed by atoms with Gasteiger partial charge in [0.2, 0.25) is 0 Å². The van der Waals surface area contributed by atoms with Crippen LogP contribution in [0.25, 0.3) is 11.3 Å². The molecule has 100 valence electrons. The van der Waals surface area contributed by atoms with Crippen molar-refractivity contribution in [2.45, 2.75) is 12.8 Å². The fraction of sp³-hybridized carbons (Fsp3) is 0.286. The predicted octanol–water partition coefficient (Wildman–Crippen LogP) is 2.49. The van der Waals surface area contributed by atoms with Crippen molar-refractivity contribution in [1.29, 1.82) is 0 Å². The third-order valence-corrected chi connectivity index (χ3v) is 3.78. The topological polar surface area (TPSA) is 65.2 Å². The zero-order valence-electron chi connectivity index (χ0n) is 10.8. The van der Waals surface area contributed by atoms with Crippen LogP contribution >= 0.6 is 11.3 Å². The van der Waals surface area contributed by atoms with Crippen LogP contribution in [-0.4, -0.2) is 24.6 Å². The first-order chi connectivity index (χ1) is 9.26. The Morgan fingerprint density at radius 3 is 2.74 bits per heavy atom. The number of benzene rings is 1. The van der Waals surface area contributed by atoms with Crippen LogP contribution < -0.4 is 5.73 Å². The highest BCUT2D eigenvalue weighted by atomic mass is 32.1. The number of aromatic nitrogens is 1. The predicted molar refractivity (Wildman–Crippen MR) is 76.3 cm³/mol. The number of rotatable bonds is 5. The molecule has 4 nitrogen and oxygen atoms in total. The van der Waals surface area contributed by atoms with E-state index in [4.69, 9.17) is 10.5 Å². The Hall–Kier alpha value is -1.72.